The Bertz CT molecular complexity index is 799. The zero-order valence-electron chi connectivity index (χ0n) is 11.8. The number of carbonyl (C=O) groups is 1. The summed E-state index contributed by atoms with van der Waals surface area (Å²) < 4.78 is 0. The minimum Gasteiger partial charge on any atom is -0.300 e. The predicted octanol–water partition coefficient (Wildman–Crippen LogP) is 4.54. The van der Waals surface area contributed by atoms with Gasteiger partial charge in [0.15, 0.2) is 5.17 Å². The summed E-state index contributed by atoms with van der Waals surface area (Å²) in [6, 6.07) is 15.2. The molecule has 0 aromatic heterocycles. The van der Waals surface area contributed by atoms with Crippen LogP contribution in [0.5, 0.6) is 0 Å². The zero-order valence-corrected chi connectivity index (χ0v) is 13.4. The molecule has 2 aromatic rings. The summed E-state index contributed by atoms with van der Waals surface area (Å²) in [5.74, 6) is -0.155. The molecule has 1 aliphatic heterocycles. The number of hydrogen-bond donors (Lipinski definition) is 1. The number of rotatable bonds is 2. The Kier molecular flexibility index (Phi) is 4.32. The normalized spacial score (nSPS) is 18.0. The first-order valence-corrected chi connectivity index (χ1v) is 7.93. The summed E-state index contributed by atoms with van der Waals surface area (Å²) in [4.78, 5) is 17.1. The van der Waals surface area contributed by atoms with Crippen molar-refractivity contribution < 1.29 is 4.79 Å². The second-order valence-electron chi connectivity index (χ2n) is 4.79. The van der Waals surface area contributed by atoms with E-state index < -0.39 is 0 Å². The minimum atomic E-state index is -0.155. The van der Waals surface area contributed by atoms with Gasteiger partial charge >= 0.3 is 0 Å². The van der Waals surface area contributed by atoms with Gasteiger partial charge in [-0.05, 0) is 48.0 Å². The van der Waals surface area contributed by atoms with Gasteiger partial charge in [-0.3, -0.25) is 4.79 Å². The van der Waals surface area contributed by atoms with E-state index >= 15 is 0 Å². The molecule has 0 atom stereocenters. The van der Waals surface area contributed by atoms with Crippen LogP contribution in [0, 0.1) is 6.92 Å². The summed E-state index contributed by atoms with van der Waals surface area (Å²) >= 11 is 7.44. The summed E-state index contributed by atoms with van der Waals surface area (Å²) in [5.41, 5.74) is 2.73. The van der Waals surface area contributed by atoms with Crippen LogP contribution < -0.4 is 5.32 Å². The third-order valence-corrected chi connectivity index (χ3v) is 4.43. The highest BCUT2D eigenvalue weighted by molar-refractivity contribution is 8.18. The second kappa shape index (κ2) is 6.38. The number of amides is 1. The Hall–Kier alpha value is -2.04. The lowest BCUT2D eigenvalue weighted by Gasteiger charge is -1.99. The third kappa shape index (κ3) is 3.24. The summed E-state index contributed by atoms with van der Waals surface area (Å²) in [7, 11) is 0. The molecule has 1 heterocycles. The highest BCUT2D eigenvalue weighted by Gasteiger charge is 2.24. The number of aryl methyl sites for hydroxylation is 1. The topological polar surface area (TPSA) is 41.5 Å². The van der Waals surface area contributed by atoms with E-state index in [9.17, 15) is 4.79 Å². The van der Waals surface area contributed by atoms with Gasteiger partial charge in [0.05, 0.1) is 10.6 Å². The number of amidine groups is 1. The molecular weight excluding hydrogens is 316 g/mol. The zero-order chi connectivity index (χ0) is 15.5. The number of thioether (sulfide) groups is 1. The molecule has 110 valence electrons. The molecule has 1 aliphatic rings. The van der Waals surface area contributed by atoms with Crippen molar-refractivity contribution in [3.8, 4) is 0 Å². The molecule has 1 N–H and O–H groups in total. The monoisotopic (exact) mass is 328 g/mol. The molecule has 1 amide bonds. The molecule has 3 rings (SSSR count). The first-order chi connectivity index (χ1) is 10.6. The fourth-order valence-electron chi connectivity index (χ4n) is 2.01. The Morgan fingerprint density at radius 3 is 2.64 bits per heavy atom. The average Bonchev–Trinajstić information content (AvgIpc) is 2.84. The molecule has 0 aliphatic carbocycles. The summed E-state index contributed by atoms with van der Waals surface area (Å²) in [5, 5.41) is 3.98. The highest BCUT2D eigenvalue weighted by atomic mass is 35.5. The molecule has 22 heavy (non-hydrogen) atoms. The van der Waals surface area contributed by atoms with Gasteiger partial charge in [0.25, 0.3) is 5.91 Å². The number of nitrogens with zero attached hydrogens (tertiary/aromatic N) is 1. The Labute approximate surface area is 138 Å². The van der Waals surface area contributed by atoms with Crippen LogP contribution >= 0.6 is 23.4 Å². The van der Waals surface area contributed by atoms with Crippen LogP contribution in [0.4, 0.5) is 5.69 Å². The Morgan fingerprint density at radius 1 is 1.14 bits per heavy atom. The second-order valence-corrected chi connectivity index (χ2v) is 6.23. The largest absolute Gasteiger partial charge is 0.300 e. The molecule has 0 spiro atoms. The Morgan fingerprint density at radius 2 is 1.86 bits per heavy atom. The van der Waals surface area contributed by atoms with Crippen molar-refractivity contribution in [1.29, 1.82) is 0 Å². The quantitative estimate of drug-likeness (QED) is 0.822. The average molecular weight is 329 g/mol. The van der Waals surface area contributed by atoms with Crippen molar-refractivity contribution in [1.82, 2.24) is 5.32 Å². The van der Waals surface area contributed by atoms with Crippen LogP contribution in [-0.2, 0) is 4.79 Å². The van der Waals surface area contributed by atoms with Gasteiger partial charge in [0, 0.05) is 5.02 Å². The fourth-order valence-corrected chi connectivity index (χ4v) is 3.03. The molecule has 1 fully saturated rings. The van der Waals surface area contributed by atoms with Crippen LogP contribution in [0.15, 0.2) is 58.4 Å². The third-order valence-electron chi connectivity index (χ3n) is 3.18. The van der Waals surface area contributed by atoms with E-state index in [1.54, 1.807) is 12.1 Å². The van der Waals surface area contributed by atoms with Crippen molar-refractivity contribution in [3.63, 3.8) is 0 Å². The van der Waals surface area contributed by atoms with E-state index in [1.807, 2.05) is 49.4 Å². The SMILES string of the molecule is Cc1ccccc1N=C1NC(=O)C(=Cc2ccccc2Cl)S1. The molecule has 0 unspecified atom stereocenters. The summed E-state index contributed by atoms with van der Waals surface area (Å²) in [6.45, 7) is 1.99. The van der Waals surface area contributed by atoms with Gasteiger partial charge in [0.1, 0.15) is 0 Å². The Balaban J connectivity index is 1.88. The number of aliphatic imine (C=N–C) groups is 1. The van der Waals surface area contributed by atoms with Crippen molar-refractivity contribution in [3.05, 3.63) is 69.6 Å². The van der Waals surface area contributed by atoms with E-state index in [-0.39, 0.29) is 5.91 Å². The van der Waals surface area contributed by atoms with Crippen molar-refractivity contribution in [2.75, 3.05) is 0 Å². The first kappa shape index (κ1) is 14.9. The number of hydrogen-bond acceptors (Lipinski definition) is 3. The molecule has 1 saturated heterocycles. The molecular formula is C17H13ClN2OS. The lowest BCUT2D eigenvalue weighted by molar-refractivity contribution is -0.115. The van der Waals surface area contributed by atoms with Gasteiger partial charge in [-0.15, -0.1) is 0 Å². The molecule has 0 saturated carbocycles. The van der Waals surface area contributed by atoms with Crippen LogP contribution in [0.2, 0.25) is 5.02 Å². The van der Waals surface area contributed by atoms with Crippen LogP contribution in [0.3, 0.4) is 0 Å². The van der Waals surface area contributed by atoms with E-state index in [1.165, 1.54) is 11.8 Å². The molecule has 3 nitrogen and oxygen atoms in total. The van der Waals surface area contributed by atoms with Crippen LogP contribution in [-0.4, -0.2) is 11.1 Å². The molecule has 0 bridgehead atoms. The lowest BCUT2D eigenvalue weighted by atomic mass is 10.2. The van der Waals surface area contributed by atoms with Gasteiger partial charge in [-0.1, -0.05) is 48.0 Å². The van der Waals surface area contributed by atoms with E-state index in [2.05, 4.69) is 10.3 Å². The molecule has 5 heteroatoms. The van der Waals surface area contributed by atoms with Crippen LogP contribution in [0.1, 0.15) is 11.1 Å². The van der Waals surface area contributed by atoms with E-state index in [0.29, 0.717) is 15.1 Å². The maximum atomic E-state index is 12.1. The van der Waals surface area contributed by atoms with Crippen molar-refractivity contribution in [2.24, 2.45) is 4.99 Å². The van der Waals surface area contributed by atoms with Crippen LogP contribution in [0.25, 0.3) is 6.08 Å². The van der Waals surface area contributed by atoms with Crippen molar-refractivity contribution in [2.45, 2.75) is 6.92 Å². The smallest absolute Gasteiger partial charge is 0.264 e. The standard InChI is InChI=1S/C17H13ClN2OS/c1-11-6-2-5-9-14(11)19-17-20-16(21)15(22-17)10-12-7-3-4-8-13(12)18/h2-10H,1H3,(H,19,20,21). The maximum Gasteiger partial charge on any atom is 0.264 e. The number of halogens is 1. The number of carbonyl (C=O) groups excluding carboxylic acids is 1. The molecule has 0 radical (unpaired) electrons. The highest BCUT2D eigenvalue weighted by Crippen LogP contribution is 2.30. The van der Waals surface area contributed by atoms with Gasteiger partial charge in [-0.25, -0.2) is 4.99 Å². The van der Waals surface area contributed by atoms with Gasteiger partial charge in [0.2, 0.25) is 0 Å². The number of para-hydroxylation sites is 1. The van der Waals surface area contributed by atoms with Gasteiger partial charge < -0.3 is 5.32 Å². The fraction of sp³-hybridized carbons (Fsp3) is 0.0588. The molecule has 2 aromatic carbocycles. The number of benzene rings is 2. The minimum absolute atomic E-state index is 0.155. The van der Waals surface area contributed by atoms with E-state index in [0.717, 1.165) is 16.8 Å². The van der Waals surface area contributed by atoms with Gasteiger partial charge in [-0.2, -0.15) is 0 Å². The lowest BCUT2D eigenvalue weighted by Crippen LogP contribution is -2.19. The predicted molar refractivity (Wildman–Crippen MR) is 93.4 cm³/mol. The maximum absolute atomic E-state index is 12.1. The van der Waals surface area contributed by atoms with Crippen molar-refractivity contribution >= 4 is 46.2 Å². The first-order valence-electron chi connectivity index (χ1n) is 6.73. The summed E-state index contributed by atoms with van der Waals surface area (Å²) in [6.07, 6.45) is 1.78. The number of nitrogens with one attached hydrogen (secondary N) is 1. The van der Waals surface area contributed by atoms with E-state index in [4.69, 9.17) is 11.6 Å².